The van der Waals surface area contributed by atoms with Gasteiger partial charge < -0.3 is 5.32 Å². The number of aromatic nitrogens is 2. The van der Waals surface area contributed by atoms with Crippen molar-refractivity contribution in [2.24, 2.45) is 0 Å². The molecule has 8 heteroatoms. The zero-order chi connectivity index (χ0) is 14.8. The Morgan fingerprint density at radius 1 is 1.42 bits per heavy atom. The van der Waals surface area contributed by atoms with Gasteiger partial charge in [-0.25, -0.2) is 8.42 Å². The SMILES string of the molecule is Cc1n[nH]c(C)c1S(=O)(=O)N(C)CC(=O)NC(C)C. The molecular formula is C11H20N4O3S. The fourth-order valence-electron chi connectivity index (χ4n) is 1.73. The van der Waals surface area contributed by atoms with Gasteiger partial charge in [0, 0.05) is 13.1 Å². The summed E-state index contributed by atoms with van der Waals surface area (Å²) in [6.45, 7) is 6.66. The van der Waals surface area contributed by atoms with E-state index in [4.69, 9.17) is 0 Å². The molecule has 0 saturated carbocycles. The van der Waals surface area contributed by atoms with Crippen LogP contribution in [0.25, 0.3) is 0 Å². The van der Waals surface area contributed by atoms with Crippen LogP contribution in [0.4, 0.5) is 0 Å². The van der Waals surface area contributed by atoms with Gasteiger partial charge in [-0.2, -0.15) is 9.40 Å². The molecule has 0 bridgehead atoms. The summed E-state index contributed by atoms with van der Waals surface area (Å²) < 4.78 is 25.7. The maximum Gasteiger partial charge on any atom is 0.246 e. The van der Waals surface area contributed by atoms with E-state index >= 15 is 0 Å². The standard InChI is InChI=1S/C11H20N4O3S/c1-7(2)12-10(16)6-15(5)19(17,18)11-8(3)13-14-9(11)4/h7H,6H2,1-5H3,(H,12,16)(H,13,14). The molecule has 0 radical (unpaired) electrons. The highest BCUT2D eigenvalue weighted by molar-refractivity contribution is 7.89. The van der Waals surface area contributed by atoms with Crippen LogP contribution in [0.2, 0.25) is 0 Å². The average Bonchev–Trinajstić information content (AvgIpc) is 2.57. The molecule has 7 nitrogen and oxygen atoms in total. The summed E-state index contributed by atoms with van der Waals surface area (Å²) in [6.07, 6.45) is 0. The maximum absolute atomic E-state index is 12.3. The average molecular weight is 288 g/mol. The Balaban J connectivity index is 2.93. The van der Waals surface area contributed by atoms with Crippen molar-refractivity contribution in [3.8, 4) is 0 Å². The van der Waals surface area contributed by atoms with Crippen molar-refractivity contribution >= 4 is 15.9 Å². The molecule has 0 aromatic carbocycles. The van der Waals surface area contributed by atoms with Gasteiger partial charge in [-0.15, -0.1) is 0 Å². The summed E-state index contributed by atoms with van der Waals surface area (Å²) in [5, 5.41) is 9.14. The van der Waals surface area contributed by atoms with Crippen molar-refractivity contribution in [3.63, 3.8) is 0 Å². The highest BCUT2D eigenvalue weighted by Crippen LogP contribution is 2.20. The van der Waals surface area contributed by atoms with Crippen molar-refractivity contribution in [3.05, 3.63) is 11.4 Å². The number of nitrogens with zero attached hydrogens (tertiary/aromatic N) is 2. The molecule has 1 amide bonds. The number of hydrogen-bond donors (Lipinski definition) is 2. The van der Waals surface area contributed by atoms with Crippen molar-refractivity contribution in [2.75, 3.05) is 13.6 Å². The zero-order valence-corrected chi connectivity index (χ0v) is 12.6. The van der Waals surface area contributed by atoms with Crippen molar-refractivity contribution in [2.45, 2.75) is 38.6 Å². The van der Waals surface area contributed by atoms with E-state index in [-0.39, 0.29) is 23.4 Å². The van der Waals surface area contributed by atoms with Crippen LogP contribution in [0, 0.1) is 13.8 Å². The Bertz CT molecular complexity index is 543. The molecule has 0 fully saturated rings. The summed E-state index contributed by atoms with van der Waals surface area (Å²) in [4.78, 5) is 11.7. The van der Waals surface area contributed by atoms with Crippen molar-refractivity contribution in [1.29, 1.82) is 0 Å². The van der Waals surface area contributed by atoms with Gasteiger partial charge >= 0.3 is 0 Å². The van der Waals surface area contributed by atoms with E-state index in [2.05, 4.69) is 15.5 Å². The summed E-state index contributed by atoms with van der Waals surface area (Å²) in [5.41, 5.74) is 0.863. The molecule has 2 N–H and O–H groups in total. The second-order valence-corrected chi connectivity index (χ2v) is 6.73. The lowest BCUT2D eigenvalue weighted by Gasteiger charge is -2.17. The van der Waals surface area contributed by atoms with Crippen LogP contribution in [-0.4, -0.2) is 48.5 Å². The van der Waals surface area contributed by atoms with Crippen molar-refractivity contribution < 1.29 is 13.2 Å². The minimum Gasteiger partial charge on any atom is -0.353 e. The monoisotopic (exact) mass is 288 g/mol. The first-order valence-electron chi connectivity index (χ1n) is 5.93. The molecule has 0 aliphatic heterocycles. The lowest BCUT2D eigenvalue weighted by atomic mass is 10.4. The Morgan fingerprint density at radius 3 is 2.42 bits per heavy atom. The number of nitrogens with one attached hydrogen (secondary N) is 2. The van der Waals surface area contributed by atoms with Crippen LogP contribution in [-0.2, 0) is 14.8 Å². The quantitative estimate of drug-likeness (QED) is 0.807. The molecule has 1 heterocycles. The van der Waals surface area contributed by atoms with Gasteiger partial charge in [-0.3, -0.25) is 9.89 Å². The topological polar surface area (TPSA) is 95.2 Å². The van der Waals surface area contributed by atoms with E-state index in [1.807, 2.05) is 13.8 Å². The zero-order valence-electron chi connectivity index (χ0n) is 11.8. The van der Waals surface area contributed by atoms with Gasteiger partial charge in [0.1, 0.15) is 4.90 Å². The number of hydrogen-bond acceptors (Lipinski definition) is 4. The van der Waals surface area contributed by atoms with Crippen LogP contribution >= 0.6 is 0 Å². The summed E-state index contributed by atoms with van der Waals surface area (Å²) in [6, 6.07) is -0.0269. The second-order valence-electron chi connectivity index (χ2n) is 4.75. The maximum atomic E-state index is 12.3. The number of amides is 1. The molecular weight excluding hydrogens is 268 g/mol. The second kappa shape index (κ2) is 5.70. The van der Waals surface area contributed by atoms with E-state index in [0.717, 1.165) is 4.31 Å². The molecule has 108 valence electrons. The Labute approximate surface area is 113 Å². The number of sulfonamides is 1. The largest absolute Gasteiger partial charge is 0.353 e. The Hall–Kier alpha value is -1.41. The molecule has 0 spiro atoms. The van der Waals surface area contributed by atoms with Gasteiger partial charge in [-0.1, -0.05) is 0 Å². The summed E-state index contributed by atoms with van der Waals surface area (Å²) in [5.74, 6) is -0.333. The molecule has 1 aromatic heterocycles. The molecule has 0 aliphatic rings. The van der Waals surface area contributed by atoms with Crippen LogP contribution in [0.1, 0.15) is 25.2 Å². The molecule has 19 heavy (non-hydrogen) atoms. The fraction of sp³-hybridized carbons (Fsp3) is 0.636. The van der Waals surface area contributed by atoms with Gasteiger partial charge in [0.2, 0.25) is 15.9 Å². The summed E-state index contributed by atoms with van der Waals surface area (Å²) in [7, 11) is -2.33. The number of aromatic amines is 1. The predicted molar refractivity (Wildman–Crippen MR) is 71.2 cm³/mol. The van der Waals surface area contributed by atoms with Crippen LogP contribution in [0.5, 0.6) is 0 Å². The number of rotatable bonds is 5. The van der Waals surface area contributed by atoms with E-state index in [1.54, 1.807) is 13.8 Å². The summed E-state index contributed by atoms with van der Waals surface area (Å²) >= 11 is 0. The first kappa shape index (κ1) is 15.6. The number of H-pyrrole nitrogens is 1. The smallest absolute Gasteiger partial charge is 0.246 e. The number of carbonyl (C=O) groups excluding carboxylic acids is 1. The predicted octanol–water partition coefficient (Wildman–Crippen LogP) is 0.172. The molecule has 1 aromatic rings. The van der Waals surface area contributed by atoms with Gasteiger partial charge in [0.25, 0.3) is 0 Å². The third-order valence-corrected chi connectivity index (χ3v) is 4.61. The third-order valence-electron chi connectivity index (χ3n) is 2.54. The third kappa shape index (κ3) is 3.54. The highest BCUT2D eigenvalue weighted by Gasteiger charge is 2.28. The van der Waals surface area contributed by atoms with Crippen molar-refractivity contribution in [1.82, 2.24) is 19.8 Å². The van der Waals surface area contributed by atoms with E-state index in [9.17, 15) is 13.2 Å². The van der Waals surface area contributed by atoms with Crippen LogP contribution < -0.4 is 5.32 Å². The minimum absolute atomic E-state index is 0.0269. The lowest BCUT2D eigenvalue weighted by Crippen LogP contribution is -2.41. The Kier molecular flexibility index (Phi) is 4.70. The Morgan fingerprint density at radius 2 is 2.00 bits per heavy atom. The fourth-order valence-corrected chi connectivity index (χ4v) is 3.18. The van der Waals surface area contributed by atoms with Crippen LogP contribution in [0.15, 0.2) is 4.90 Å². The van der Waals surface area contributed by atoms with Crippen LogP contribution in [0.3, 0.4) is 0 Å². The lowest BCUT2D eigenvalue weighted by molar-refractivity contribution is -0.121. The minimum atomic E-state index is -3.71. The normalized spacial score (nSPS) is 12.2. The van der Waals surface area contributed by atoms with E-state index < -0.39 is 10.0 Å². The molecule has 0 aliphatic carbocycles. The number of likely N-dealkylation sites (N-methyl/N-ethyl adjacent to an activating group) is 1. The first-order valence-corrected chi connectivity index (χ1v) is 7.37. The number of aryl methyl sites for hydroxylation is 2. The van der Waals surface area contributed by atoms with E-state index in [0.29, 0.717) is 11.4 Å². The molecule has 0 unspecified atom stereocenters. The first-order chi connectivity index (χ1) is 8.66. The molecule has 1 rings (SSSR count). The van der Waals surface area contributed by atoms with E-state index in [1.165, 1.54) is 7.05 Å². The molecule has 0 atom stereocenters. The highest BCUT2D eigenvalue weighted by atomic mass is 32.2. The molecule has 0 saturated heterocycles. The van der Waals surface area contributed by atoms with Gasteiger partial charge in [0.15, 0.2) is 0 Å². The number of carbonyl (C=O) groups is 1. The van der Waals surface area contributed by atoms with Gasteiger partial charge in [-0.05, 0) is 27.7 Å². The van der Waals surface area contributed by atoms with Gasteiger partial charge in [0.05, 0.1) is 17.9 Å².